The van der Waals surface area contributed by atoms with Gasteiger partial charge in [-0.2, -0.15) is 0 Å². The van der Waals surface area contributed by atoms with Gasteiger partial charge in [0, 0.05) is 25.2 Å². The van der Waals surface area contributed by atoms with Crippen molar-refractivity contribution >= 4 is 35.0 Å². The molecular formula is C27H30N4O4. The zero-order valence-electron chi connectivity index (χ0n) is 20.0. The number of carbonyl (C=O) groups is 3. The van der Waals surface area contributed by atoms with Crippen LogP contribution < -0.4 is 10.6 Å². The molecule has 1 fully saturated rings. The van der Waals surface area contributed by atoms with Gasteiger partial charge >= 0.3 is 5.97 Å². The Kier molecular flexibility index (Phi) is 7.60. The van der Waals surface area contributed by atoms with Crippen molar-refractivity contribution in [1.29, 1.82) is 0 Å². The van der Waals surface area contributed by atoms with E-state index in [0.29, 0.717) is 30.9 Å². The lowest BCUT2D eigenvalue weighted by molar-refractivity contribution is -0.138. The lowest BCUT2D eigenvalue weighted by atomic mass is 10.1. The van der Waals surface area contributed by atoms with Crippen molar-refractivity contribution in [2.24, 2.45) is 10.9 Å². The number of amides is 2. The number of benzene rings is 2. The molecule has 0 bridgehead atoms. The highest BCUT2D eigenvalue weighted by Gasteiger charge is 2.36. The van der Waals surface area contributed by atoms with Gasteiger partial charge in [0.25, 0.3) is 0 Å². The summed E-state index contributed by atoms with van der Waals surface area (Å²) in [4.78, 5) is 45.1. The van der Waals surface area contributed by atoms with Gasteiger partial charge in [-0.15, -0.1) is 0 Å². The van der Waals surface area contributed by atoms with Crippen LogP contribution in [0, 0.1) is 5.92 Å². The minimum atomic E-state index is -0.560. The second-order valence-electron chi connectivity index (χ2n) is 8.50. The van der Waals surface area contributed by atoms with E-state index < -0.39 is 11.9 Å². The summed E-state index contributed by atoms with van der Waals surface area (Å²) < 4.78 is 5.28. The van der Waals surface area contributed by atoms with Gasteiger partial charge in [0.1, 0.15) is 11.4 Å². The number of fused-ring (bicyclic) bond motifs is 1. The van der Waals surface area contributed by atoms with Crippen LogP contribution in [0.4, 0.5) is 11.4 Å². The second kappa shape index (κ2) is 11.0. The monoisotopic (exact) mass is 474 g/mol. The van der Waals surface area contributed by atoms with Crippen molar-refractivity contribution in [1.82, 2.24) is 10.2 Å². The Labute approximate surface area is 205 Å². The number of rotatable bonds is 7. The van der Waals surface area contributed by atoms with Crippen LogP contribution in [0.15, 0.2) is 70.9 Å². The van der Waals surface area contributed by atoms with E-state index in [4.69, 9.17) is 4.74 Å². The Morgan fingerprint density at radius 3 is 2.60 bits per heavy atom. The summed E-state index contributed by atoms with van der Waals surface area (Å²) in [5, 5.41) is 6.11. The van der Waals surface area contributed by atoms with Gasteiger partial charge in [0.15, 0.2) is 0 Å². The summed E-state index contributed by atoms with van der Waals surface area (Å²) in [7, 11) is 0. The molecule has 0 spiro atoms. The van der Waals surface area contributed by atoms with Crippen molar-refractivity contribution in [2.45, 2.75) is 33.1 Å². The summed E-state index contributed by atoms with van der Waals surface area (Å²) >= 11 is 0. The maximum atomic E-state index is 13.3. The number of allylic oxidation sites excluding steroid dienone is 1. The third-order valence-electron chi connectivity index (χ3n) is 6.13. The first-order valence-corrected chi connectivity index (χ1v) is 12.0. The number of para-hydroxylation sites is 2. The highest BCUT2D eigenvalue weighted by Crippen LogP contribution is 2.31. The van der Waals surface area contributed by atoms with Crippen LogP contribution in [-0.2, 0) is 25.5 Å². The van der Waals surface area contributed by atoms with E-state index in [1.54, 1.807) is 17.9 Å². The van der Waals surface area contributed by atoms with Gasteiger partial charge in [-0.25, -0.2) is 9.79 Å². The van der Waals surface area contributed by atoms with Crippen molar-refractivity contribution in [3.8, 4) is 0 Å². The van der Waals surface area contributed by atoms with Crippen LogP contribution in [0.1, 0.15) is 32.3 Å². The van der Waals surface area contributed by atoms with Gasteiger partial charge in [-0.05, 0) is 37.5 Å². The molecule has 8 heteroatoms. The number of carbonyl (C=O) groups excluding carboxylic acids is 3. The molecule has 0 aliphatic carbocycles. The van der Waals surface area contributed by atoms with Gasteiger partial charge in [0.05, 0.1) is 23.9 Å². The van der Waals surface area contributed by atoms with Crippen LogP contribution >= 0.6 is 0 Å². The molecule has 2 aliphatic rings. The van der Waals surface area contributed by atoms with Crippen LogP contribution in [-0.4, -0.2) is 48.2 Å². The summed E-state index contributed by atoms with van der Waals surface area (Å²) in [6.45, 7) is 4.72. The van der Waals surface area contributed by atoms with E-state index in [0.717, 1.165) is 17.7 Å². The second-order valence-corrected chi connectivity index (χ2v) is 8.50. The maximum absolute atomic E-state index is 13.3. The molecule has 0 radical (unpaired) electrons. The fraction of sp³-hybridized carbons (Fsp3) is 0.333. The molecule has 0 aromatic heterocycles. The summed E-state index contributed by atoms with van der Waals surface area (Å²) in [5.41, 5.74) is 3.28. The normalized spacial score (nSPS) is 17.3. The number of hydrogen-bond acceptors (Lipinski definition) is 6. The van der Waals surface area contributed by atoms with E-state index in [-0.39, 0.29) is 36.3 Å². The number of esters is 1. The van der Waals surface area contributed by atoms with E-state index in [9.17, 15) is 14.4 Å². The van der Waals surface area contributed by atoms with Gasteiger partial charge < -0.3 is 20.3 Å². The van der Waals surface area contributed by atoms with E-state index in [1.807, 2.05) is 55.5 Å². The molecule has 2 amide bonds. The molecule has 0 saturated carbocycles. The molecule has 35 heavy (non-hydrogen) atoms. The molecule has 182 valence electrons. The van der Waals surface area contributed by atoms with Crippen LogP contribution in [0.5, 0.6) is 0 Å². The Morgan fingerprint density at radius 2 is 1.86 bits per heavy atom. The predicted molar refractivity (Wildman–Crippen MR) is 134 cm³/mol. The zero-order valence-corrected chi connectivity index (χ0v) is 20.0. The average Bonchev–Trinajstić information content (AvgIpc) is 3.16. The van der Waals surface area contributed by atoms with Gasteiger partial charge in [-0.1, -0.05) is 49.4 Å². The molecule has 2 heterocycles. The number of nitrogens with one attached hydrogen (secondary N) is 2. The largest absolute Gasteiger partial charge is 0.462 e. The van der Waals surface area contributed by atoms with E-state index >= 15 is 0 Å². The van der Waals surface area contributed by atoms with Crippen LogP contribution in [0.25, 0.3) is 0 Å². The molecule has 1 unspecified atom stereocenters. The number of aliphatic imine (C=N–C) groups is 1. The number of anilines is 1. The number of likely N-dealkylation sites (tertiary alicyclic amines) is 1. The highest BCUT2D eigenvalue weighted by atomic mass is 16.5. The molecule has 2 aliphatic heterocycles. The molecule has 1 saturated heterocycles. The standard InChI is InChI=1S/C27H30N4O4/c1-3-20-24(27(34)35-4-2)25(29-22-13-9-8-12-21(22)28-20)30-26(33)19-16-23(32)31(17-19)15-14-18-10-6-5-7-11-18/h5-13,19,28H,3-4,14-17H2,1-2H3,(H,29,30,33). The molecule has 2 aromatic carbocycles. The van der Waals surface area contributed by atoms with Crippen LogP contribution in [0.2, 0.25) is 0 Å². The maximum Gasteiger partial charge on any atom is 0.343 e. The minimum absolute atomic E-state index is 0.0497. The Bertz CT molecular complexity index is 1170. The summed E-state index contributed by atoms with van der Waals surface area (Å²) in [5.74, 6) is -1.34. The molecule has 4 rings (SSSR count). The number of nitrogens with zero attached hydrogens (tertiary/aromatic N) is 2. The zero-order chi connectivity index (χ0) is 24.8. The summed E-state index contributed by atoms with van der Waals surface area (Å²) in [6.07, 6.45) is 1.36. The quantitative estimate of drug-likeness (QED) is 0.598. The molecular weight excluding hydrogens is 444 g/mol. The Hall–Kier alpha value is -3.94. The highest BCUT2D eigenvalue weighted by molar-refractivity contribution is 6.24. The van der Waals surface area contributed by atoms with E-state index in [2.05, 4.69) is 15.6 Å². The van der Waals surface area contributed by atoms with Crippen molar-refractivity contribution in [3.63, 3.8) is 0 Å². The fourth-order valence-electron chi connectivity index (χ4n) is 4.29. The Morgan fingerprint density at radius 1 is 1.11 bits per heavy atom. The first-order valence-electron chi connectivity index (χ1n) is 12.0. The third kappa shape index (κ3) is 5.59. The molecule has 8 nitrogen and oxygen atoms in total. The minimum Gasteiger partial charge on any atom is -0.462 e. The topological polar surface area (TPSA) is 100 Å². The molecule has 2 N–H and O–H groups in total. The molecule has 1 atom stereocenters. The third-order valence-corrected chi connectivity index (χ3v) is 6.13. The van der Waals surface area contributed by atoms with Crippen LogP contribution in [0.3, 0.4) is 0 Å². The van der Waals surface area contributed by atoms with Crippen molar-refractivity contribution in [3.05, 3.63) is 71.4 Å². The average molecular weight is 475 g/mol. The fourth-order valence-corrected chi connectivity index (χ4v) is 4.29. The van der Waals surface area contributed by atoms with Gasteiger partial charge in [0.2, 0.25) is 11.8 Å². The SMILES string of the molecule is CCOC(=O)C1=C(CC)Nc2ccccc2N=C1NC(=O)C1CC(=O)N(CCc2ccccc2)C1. The van der Waals surface area contributed by atoms with Crippen molar-refractivity contribution in [2.75, 3.05) is 25.0 Å². The smallest absolute Gasteiger partial charge is 0.343 e. The van der Waals surface area contributed by atoms with E-state index in [1.165, 1.54) is 0 Å². The van der Waals surface area contributed by atoms with Crippen molar-refractivity contribution < 1.29 is 19.1 Å². The number of hydrogen-bond donors (Lipinski definition) is 2. The molecule has 2 aromatic rings. The van der Waals surface area contributed by atoms with Gasteiger partial charge in [-0.3, -0.25) is 9.59 Å². The predicted octanol–water partition coefficient (Wildman–Crippen LogP) is 3.58. The number of ether oxygens (including phenoxy) is 1. The first kappa shape index (κ1) is 24.2. The first-order chi connectivity index (χ1) is 17.0. The lowest BCUT2D eigenvalue weighted by Crippen LogP contribution is -2.40. The number of amidine groups is 1. The Balaban J connectivity index is 1.53. The lowest BCUT2D eigenvalue weighted by Gasteiger charge is -2.18. The summed E-state index contributed by atoms with van der Waals surface area (Å²) in [6, 6.07) is 17.3.